The summed E-state index contributed by atoms with van der Waals surface area (Å²) in [5, 5.41) is 10.9. The third-order valence-electron chi connectivity index (χ3n) is 5.20. The topological polar surface area (TPSA) is 107 Å². The lowest BCUT2D eigenvalue weighted by molar-refractivity contribution is 0.171. The van der Waals surface area contributed by atoms with Crippen LogP contribution in [-0.4, -0.2) is 42.4 Å². The molecule has 0 radical (unpaired) electrons. The molecule has 0 atom stereocenters. The molecular weight excluding hydrogens is 520 g/mol. The molecule has 4 rings (SSSR count). The maximum atomic E-state index is 11.0. The lowest BCUT2D eigenvalue weighted by Gasteiger charge is -2.20. The predicted octanol–water partition coefficient (Wildman–Crippen LogP) is 6.17. The van der Waals surface area contributed by atoms with Gasteiger partial charge in [0.2, 0.25) is 0 Å². The first-order valence-electron chi connectivity index (χ1n) is 11.8. The van der Waals surface area contributed by atoms with Crippen LogP contribution in [0.2, 0.25) is 0 Å². The average Bonchev–Trinajstić information content (AvgIpc) is 2.86. The van der Waals surface area contributed by atoms with Crippen LogP contribution < -0.4 is 5.32 Å². The minimum Gasteiger partial charge on any atom is -0.748 e. The molecule has 0 unspecified atom stereocenters. The molecule has 2 N–H and O–H groups in total. The molecule has 0 saturated heterocycles. The van der Waals surface area contributed by atoms with Crippen molar-refractivity contribution >= 4 is 27.1 Å². The second kappa shape index (κ2) is 16.0. The van der Waals surface area contributed by atoms with Crippen molar-refractivity contribution in [1.82, 2.24) is 5.32 Å². The van der Waals surface area contributed by atoms with Crippen molar-refractivity contribution in [3.63, 3.8) is 0 Å². The highest BCUT2D eigenvalue weighted by Gasteiger charge is 2.27. The maximum Gasteiger partial charge on any atom is 0.404 e. The largest absolute Gasteiger partial charge is 0.748 e. The molecule has 6 nitrogen and oxygen atoms in total. The Kier molecular flexibility index (Phi) is 13.1. The molecule has 200 valence electrons. The summed E-state index contributed by atoms with van der Waals surface area (Å²) in [6.07, 6.45) is 1.70. The van der Waals surface area contributed by atoms with E-state index in [1.807, 2.05) is 0 Å². The van der Waals surface area contributed by atoms with Crippen molar-refractivity contribution in [3.8, 4) is 0 Å². The molecule has 37 heavy (non-hydrogen) atoms. The van der Waals surface area contributed by atoms with Gasteiger partial charge in [-0.15, -0.1) is 0 Å². The maximum absolute atomic E-state index is 11.0. The van der Waals surface area contributed by atoms with E-state index in [9.17, 15) is 26.5 Å². The second-order valence-electron chi connectivity index (χ2n) is 8.15. The fourth-order valence-corrected chi connectivity index (χ4v) is 6.07. The van der Waals surface area contributed by atoms with Gasteiger partial charge in [-0.3, -0.25) is 0 Å². The number of hydrogen-bond acceptors (Lipinski definition) is 4. The number of carbonyl (C=O) groups is 1. The zero-order chi connectivity index (χ0) is 27.1. The minimum absolute atomic E-state index is 0.0146. The van der Waals surface area contributed by atoms with E-state index in [4.69, 9.17) is 5.11 Å². The van der Waals surface area contributed by atoms with E-state index in [0.717, 1.165) is 12.8 Å². The zero-order valence-electron chi connectivity index (χ0n) is 20.2. The van der Waals surface area contributed by atoms with Gasteiger partial charge in [-0.05, 0) is 49.2 Å². The van der Waals surface area contributed by atoms with Gasteiger partial charge in [-0.2, -0.15) is 0 Å². The zero-order valence-corrected chi connectivity index (χ0v) is 21.8. The predicted molar refractivity (Wildman–Crippen MR) is 140 cm³/mol. The van der Waals surface area contributed by atoms with Crippen molar-refractivity contribution in [2.75, 3.05) is 5.75 Å². The van der Waals surface area contributed by atoms with E-state index in [1.54, 1.807) is 0 Å². The standard InChI is InChI=1S/C18H15S.C7H13NO2.C2H4F2O3S/c1-4-10-16(11-5-1)19(17-12-6-2-7-13-17)18-14-8-3-9-15-18;9-7(10)8-6-4-2-1-3-5-6;3-2(4)1-8(5,6)7/h1-15H;6,8H,1-5H2,(H,9,10);2H,1H2,(H,5,6,7)/q+1;;/p-1. The Bertz CT molecular complexity index is 1050. The van der Waals surface area contributed by atoms with Crippen molar-refractivity contribution in [3.05, 3.63) is 91.0 Å². The van der Waals surface area contributed by atoms with E-state index in [1.165, 1.54) is 33.9 Å². The number of halogens is 2. The van der Waals surface area contributed by atoms with Crippen LogP contribution in [0, 0.1) is 0 Å². The average molecular weight is 552 g/mol. The first kappa shape index (κ1) is 30.3. The van der Waals surface area contributed by atoms with E-state index in [2.05, 4.69) is 96.3 Å². The number of rotatable bonds is 6. The normalized spacial score (nSPS) is 13.6. The summed E-state index contributed by atoms with van der Waals surface area (Å²) in [6.45, 7) is 0. The van der Waals surface area contributed by atoms with Crippen LogP contribution >= 0.6 is 0 Å². The monoisotopic (exact) mass is 551 g/mol. The van der Waals surface area contributed by atoms with Crippen molar-refractivity contribution in [2.24, 2.45) is 0 Å². The van der Waals surface area contributed by atoms with Gasteiger partial charge in [0.05, 0.1) is 16.6 Å². The van der Waals surface area contributed by atoms with E-state index in [0.29, 0.717) is 0 Å². The molecule has 3 aromatic rings. The van der Waals surface area contributed by atoms with Crippen molar-refractivity contribution in [2.45, 2.75) is 59.3 Å². The van der Waals surface area contributed by atoms with Gasteiger partial charge in [-0.1, -0.05) is 73.9 Å². The molecule has 0 bridgehead atoms. The summed E-state index contributed by atoms with van der Waals surface area (Å²) < 4.78 is 50.1. The van der Waals surface area contributed by atoms with Gasteiger partial charge in [-0.25, -0.2) is 22.0 Å². The second-order valence-corrected chi connectivity index (χ2v) is 11.6. The van der Waals surface area contributed by atoms with Crippen LogP contribution in [0.1, 0.15) is 32.1 Å². The summed E-state index contributed by atoms with van der Waals surface area (Å²) in [5.74, 6) is -1.59. The highest BCUT2D eigenvalue weighted by atomic mass is 32.2. The van der Waals surface area contributed by atoms with E-state index < -0.39 is 28.4 Å². The molecule has 1 aliphatic carbocycles. The van der Waals surface area contributed by atoms with E-state index in [-0.39, 0.29) is 16.9 Å². The molecular formula is C27H31F2NO5S2. The molecule has 0 aliphatic heterocycles. The van der Waals surface area contributed by atoms with Gasteiger partial charge >= 0.3 is 6.09 Å². The fourth-order valence-electron chi connectivity index (χ4n) is 3.65. The SMILES string of the molecule is O=C(O)NC1CCCCC1.O=S(=O)([O-])CC(F)F.c1ccc([S+](c2ccccc2)c2ccccc2)cc1. The molecule has 0 aromatic heterocycles. The van der Waals surface area contributed by atoms with Gasteiger partial charge in [0, 0.05) is 6.04 Å². The molecule has 1 fully saturated rings. The number of carboxylic acid groups (broad SMARTS) is 1. The first-order chi connectivity index (χ1) is 17.7. The molecule has 1 aliphatic rings. The molecule has 1 amide bonds. The molecule has 0 spiro atoms. The summed E-state index contributed by atoms with van der Waals surface area (Å²) in [6, 6.07) is 32.4. The molecule has 10 heteroatoms. The van der Waals surface area contributed by atoms with Crippen LogP contribution in [0.4, 0.5) is 13.6 Å². The quantitative estimate of drug-likeness (QED) is 0.282. The summed E-state index contributed by atoms with van der Waals surface area (Å²) >= 11 is 0. The number of benzene rings is 3. The highest BCUT2D eigenvalue weighted by Crippen LogP contribution is 2.30. The number of hydrogen-bond donors (Lipinski definition) is 2. The van der Waals surface area contributed by atoms with Crippen molar-refractivity contribution in [1.29, 1.82) is 0 Å². The lowest BCUT2D eigenvalue weighted by atomic mass is 9.96. The van der Waals surface area contributed by atoms with Crippen molar-refractivity contribution < 1.29 is 31.7 Å². The Labute approximate surface area is 219 Å². The van der Waals surface area contributed by atoms with Gasteiger partial charge in [0.25, 0.3) is 6.43 Å². The van der Waals surface area contributed by atoms with Gasteiger partial charge < -0.3 is 15.0 Å². The van der Waals surface area contributed by atoms with Crippen LogP contribution in [0.3, 0.4) is 0 Å². The highest BCUT2D eigenvalue weighted by molar-refractivity contribution is 7.97. The van der Waals surface area contributed by atoms with Crippen LogP contribution in [0.15, 0.2) is 106 Å². The summed E-state index contributed by atoms with van der Waals surface area (Å²) in [7, 11) is -4.74. The number of amides is 1. The number of nitrogens with one attached hydrogen (secondary N) is 1. The van der Waals surface area contributed by atoms with Gasteiger partial charge in [0.15, 0.2) is 14.7 Å². The molecule has 3 aromatic carbocycles. The number of alkyl halides is 2. The van der Waals surface area contributed by atoms with Crippen LogP contribution in [0.5, 0.6) is 0 Å². The van der Waals surface area contributed by atoms with Gasteiger partial charge in [0.1, 0.15) is 10.1 Å². The smallest absolute Gasteiger partial charge is 0.404 e. The Morgan fingerprint density at radius 3 is 1.49 bits per heavy atom. The molecule has 0 heterocycles. The van der Waals surface area contributed by atoms with Crippen LogP contribution in [-0.2, 0) is 21.0 Å². The summed E-state index contributed by atoms with van der Waals surface area (Å²) in [5.41, 5.74) is 0. The third-order valence-corrected chi connectivity index (χ3v) is 8.09. The third kappa shape index (κ3) is 12.7. The van der Waals surface area contributed by atoms with E-state index >= 15 is 0 Å². The first-order valence-corrected chi connectivity index (χ1v) is 14.6. The Morgan fingerprint density at radius 2 is 1.22 bits per heavy atom. The Hall–Kier alpha value is -2.95. The Morgan fingerprint density at radius 1 is 0.838 bits per heavy atom. The fraction of sp³-hybridized carbons (Fsp3) is 0.296. The lowest BCUT2D eigenvalue weighted by Crippen LogP contribution is -2.34. The minimum atomic E-state index is -4.72. The Balaban J connectivity index is 0.000000225. The molecule has 1 saturated carbocycles. The summed E-state index contributed by atoms with van der Waals surface area (Å²) in [4.78, 5) is 14.2. The van der Waals surface area contributed by atoms with Crippen LogP contribution in [0.25, 0.3) is 0 Å².